The summed E-state index contributed by atoms with van der Waals surface area (Å²) in [4.78, 5) is 23.7. The normalized spacial score (nSPS) is 14.6. The van der Waals surface area contributed by atoms with Gasteiger partial charge in [0.05, 0.1) is 17.6 Å². The van der Waals surface area contributed by atoms with Crippen molar-refractivity contribution in [2.45, 2.75) is 32.7 Å². The molecule has 166 valence electrons. The number of rotatable bonds is 5. The van der Waals surface area contributed by atoms with E-state index >= 15 is 0 Å². The van der Waals surface area contributed by atoms with Gasteiger partial charge in [0.25, 0.3) is 0 Å². The topological polar surface area (TPSA) is 58.1 Å². The minimum atomic E-state index is -0.327. The zero-order chi connectivity index (χ0) is 22.7. The zero-order valence-corrected chi connectivity index (χ0v) is 18.2. The number of anilines is 1. The summed E-state index contributed by atoms with van der Waals surface area (Å²) in [5.74, 6) is 0.117. The molecule has 1 aromatic heterocycles. The molecule has 1 amide bonds. The molecule has 0 atom stereocenters. The largest absolute Gasteiger partial charge is 0.355 e. The predicted molar refractivity (Wildman–Crippen MR) is 121 cm³/mol. The summed E-state index contributed by atoms with van der Waals surface area (Å²) in [6, 6.07) is 12.4. The quantitative estimate of drug-likeness (QED) is 0.623. The molecular weight excluding hydrogens is 410 g/mol. The first-order valence-corrected chi connectivity index (χ1v) is 10.8. The lowest BCUT2D eigenvalue weighted by Crippen LogP contribution is -2.46. The number of carbonyl (C=O) groups excluding carboxylic acids is 1. The molecule has 1 saturated heterocycles. The van der Waals surface area contributed by atoms with Gasteiger partial charge in [0.15, 0.2) is 0 Å². The maximum absolute atomic E-state index is 13.5. The Morgan fingerprint density at radius 1 is 0.938 bits per heavy atom. The van der Waals surface area contributed by atoms with E-state index in [1.165, 1.54) is 24.3 Å². The van der Waals surface area contributed by atoms with Crippen LogP contribution in [0, 0.1) is 17.6 Å². The summed E-state index contributed by atoms with van der Waals surface area (Å²) < 4.78 is 26.9. The number of amides is 1. The summed E-state index contributed by atoms with van der Waals surface area (Å²) >= 11 is 0. The van der Waals surface area contributed by atoms with Gasteiger partial charge >= 0.3 is 0 Å². The molecule has 0 radical (unpaired) electrons. The molecule has 3 aromatic rings. The smallest absolute Gasteiger partial charge is 0.222 e. The first-order valence-electron chi connectivity index (χ1n) is 10.8. The van der Waals surface area contributed by atoms with Crippen molar-refractivity contribution in [3.63, 3.8) is 0 Å². The Kier molecular flexibility index (Phi) is 6.44. The van der Waals surface area contributed by atoms with Gasteiger partial charge in [0, 0.05) is 36.2 Å². The maximum Gasteiger partial charge on any atom is 0.222 e. The van der Waals surface area contributed by atoms with Crippen LogP contribution in [0.25, 0.3) is 22.5 Å². The Labute approximate surface area is 186 Å². The average molecular weight is 437 g/mol. The number of benzene rings is 2. The Balaban J connectivity index is 1.61. The maximum atomic E-state index is 13.5. The average Bonchev–Trinajstić information content (AvgIpc) is 2.80. The highest BCUT2D eigenvalue weighted by atomic mass is 19.1. The molecule has 1 aliphatic rings. The fourth-order valence-electron chi connectivity index (χ4n) is 3.78. The predicted octanol–water partition coefficient (Wildman–Crippen LogP) is 4.83. The van der Waals surface area contributed by atoms with Gasteiger partial charge in [-0.3, -0.25) is 9.78 Å². The van der Waals surface area contributed by atoms with E-state index in [2.05, 4.69) is 15.2 Å². The van der Waals surface area contributed by atoms with Gasteiger partial charge < -0.3 is 10.2 Å². The van der Waals surface area contributed by atoms with Gasteiger partial charge in [-0.15, -0.1) is 0 Å². The van der Waals surface area contributed by atoms with Crippen LogP contribution in [0.2, 0.25) is 0 Å². The standard InChI is InChI=1S/C25H26F2N4O/c1-16(2)25(32)29-21-11-13-31(14-12-21)22-15-28-23(17-3-7-19(26)8-4-17)24(30-22)18-5-9-20(27)10-6-18/h3-10,15-16,21H,11-14H2,1-2H3,(H,29,32). The van der Waals surface area contributed by atoms with Crippen LogP contribution in [-0.4, -0.2) is 35.0 Å². The minimum absolute atomic E-state index is 0.0313. The number of carbonyl (C=O) groups is 1. The summed E-state index contributed by atoms with van der Waals surface area (Å²) in [6.45, 7) is 5.27. The Morgan fingerprint density at radius 2 is 1.47 bits per heavy atom. The highest BCUT2D eigenvalue weighted by Crippen LogP contribution is 2.31. The van der Waals surface area contributed by atoms with Crippen molar-refractivity contribution in [2.24, 2.45) is 5.92 Å². The van der Waals surface area contributed by atoms with Crippen molar-refractivity contribution in [3.05, 3.63) is 66.4 Å². The van der Waals surface area contributed by atoms with E-state index in [9.17, 15) is 13.6 Å². The van der Waals surface area contributed by atoms with Crippen molar-refractivity contribution >= 4 is 11.7 Å². The van der Waals surface area contributed by atoms with Crippen LogP contribution in [0.5, 0.6) is 0 Å². The minimum Gasteiger partial charge on any atom is -0.355 e. The van der Waals surface area contributed by atoms with Gasteiger partial charge in [0.1, 0.15) is 17.5 Å². The molecule has 0 bridgehead atoms. The number of halogens is 2. The van der Waals surface area contributed by atoms with E-state index in [0.717, 1.165) is 42.9 Å². The van der Waals surface area contributed by atoms with Crippen molar-refractivity contribution in [3.8, 4) is 22.5 Å². The van der Waals surface area contributed by atoms with E-state index in [0.29, 0.717) is 11.4 Å². The van der Waals surface area contributed by atoms with Crippen LogP contribution in [-0.2, 0) is 4.79 Å². The molecule has 7 heteroatoms. The highest BCUT2D eigenvalue weighted by Gasteiger charge is 2.23. The molecule has 0 unspecified atom stereocenters. The number of hydrogen-bond donors (Lipinski definition) is 1. The lowest BCUT2D eigenvalue weighted by molar-refractivity contribution is -0.124. The van der Waals surface area contributed by atoms with Crippen molar-refractivity contribution in [1.82, 2.24) is 15.3 Å². The van der Waals surface area contributed by atoms with Crippen LogP contribution >= 0.6 is 0 Å². The monoisotopic (exact) mass is 436 g/mol. The lowest BCUT2D eigenvalue weighted by Gasteiger charge is -2.33. The molecule has 1 fully saturated rings. The molecule has 32 heavy (non-hydrogen) atoms. The SMILES string of the molecule is CC(C)C(=O)NC1CCN(c2cnc(-c3ccc(F)cc3)c(-c3ccc(F)cc3)n2)CC1. The van der Waals surface area contributed by atoms with Gasteiger partial charge in [0.2, 0.25) is 5.91 Å². The second-order valence-corrected chi connectivity index (χ2v) is 8.36. The fraction of sp³-hybridized carbons (Fsp3) is 0.320. The highest BCUT2D eigenvalue weighted by molar-refractivity contribution is 5.79. The van der Waals surface area contributed by atoms with Crippen LogP contribution in [0.4, 0.5) is 14.6 Å². The lowest BCUT2D eigenvalue weighted by atomic mass is 10.0. The van der Waals surface area contributed by atoms with E-state index in [1.54, 1.807) is 30.5 Å². The molecule has 0 aliphatic carbocycles. The zero-order valence-electron chi connectivity index (χ0n) is 18.2. The third-order valence-corrected chi connectivity index (χ3v) is 5.68. The molecule has 5 nitrogen and oxygen atoms in total. The van der Waals surface area contributed by atoms with Gasteiger partial charge in [-0.25, -0.2) is 13.8 Å². The molecule has 2 aromatic carbocycles. The first-order chi connectivity index (χ1) is 15.4. The number of nitrogens with one attached hydrogen (secondary N) is 1. The third-order valence-electron chi connectivity index (χ3n) is 5.68. The number of nitrogens with zero attached hydrogens (tertiary/aromatic N) is 3. The summed E-state index contributed by atoms with van der Waals surface area (Å²) in [6.07, 6.45) is 3.37. The number of hydrogen-bond acceptors (Lipinski definition) is 4. The van der Waals surface area contributed by atoms with Gasteiger partial charge in [-0.2, -0.15) is 0 Å². The molecule has 4 rings (SSSR count). The van der Waals surface area contributed by atoms with Crippen LogP contribution in [0.15, 0.2) is 54.7 Å². The number of piperidine rings is 1. The molecule has 1 N–H and O–H groups in total. The third kappa shape index (κ3) is 4.93. The van der Waals surface area contributed by atoms with E-state index in [4.69, 9.17) is 4.98 Å². The first kappa shape index (κ1) is 21.9. The van der Waals surface area contributed by atoms with Crippen molar-refractivity contribution < 1.29 is 13.6 Å². The Morgan fingerprint density at radius 3 is 2.00 bits per heavy atom. The van der Waals surface area contributed by atoms with E-state index in [1.807, 2.05) is 13.8 Å². The van der Waals surface area contributed by atoms with Gasteiger partial charge in [-0.1, -0.05) is 13.8 Å². The summed E-state index contributed by atoms with van der Waals surface area (Å²) in [7, 11) is 0. The molecule has 2 heterocycles. The van der Waals surface area contributed by atoms with E-state index in [-0.39, 0.29) is 29.5 Å². The second-order valence-electron chi connectivity index (χ2n) is 8.36. The molecule has 0 spiro atoms. The number of aromatic nitrogens is 2. The Bertz CT molecular complexity index is 1080. The molecular formula is C25H26F2N4O. The van der Waals surface area contributed by atoms with Gasteiger partial charge in [-0.05, 0) is 61.4 Å². The molecule has 0 saturated carbocycles. The Hall–Kier alpha value is -3.35. The van der Waals surface area contributed by atoms with Crippen LogP contribution in [0.1, 0.15) is 26.7 Å². The van der Waals surface area contributed by atoms with Crippen molar-refractivity contribution in [1.29, 1.82) is 0 Å². The fourth-order valence-corrected chi connectivity index (χ4v) is 3.78. The van der Waals surface area contributed by atoms with E-state index < -0.39 is 0 Å². The summed E-state index contributed by atoms with van der Waals surface area (Å²) in [5.41, 5.74) is 2.70. The molecule has 1 aliphatic heterocycles. The summed E-state index contributed by atoms with van der Waals surface area (Å²) in [5, 5.41) is 3.10. The van der Waals surface area contributed by atoms with Crippen LogP contribution in [0.3, 0.4) is 0 Å². The van der Waals surface area contributed by atoms with Crippen LogP contribution < -0.4 is 10.2 Å². The van der Waals surface area contributed by atoms with Crippen molar-refractivity contribution in [2.75, 3.05) is 18.0 Å². The second kappa shape index (κ2) is 9.42.